The fourth-order valence-electron chi connectivity index (χ4n) is 3.73. The summed E-state index contributed by atoms with van der Waals surface area (Å²) in [5.41, 5.74) is 0. The second kappa shape index (κ2) is 14.0. The van der Waals surface area contributed by atoms with Crippen LogP contribution in [-0.2, 0) is 14.2 Å². The lowest BCUT2D eigenvalue weighted by Crippen LogP contribution is -2.47. The number of ether oxygens (including phenoxy) is 3. The Morgan fingerprint density at radius 3 is 2.61 bits per heavy atom. The van der Waals surface area contributed by atoms with Crippen molar-refractivity contribution < 1.29 is 14.2 Å². The van der Waals surface area contributed by atoms with Crippen LogP contribution < -0.4 is 5.32 Å². The SMILES string of the molecule is CCNC(=NCCCOCC1CC1)N1CCC(OCC2CCCCO2)CC1.I. The van der Waals surface area contributed by atoms with Crippen LogP contribution in [0.5, 0.6) is 0 Å². The van der Waals surface area contributed by atoms with Crippen LogP contribution in [0.25, 0.3) is 0 Å². The zero-order valence-corrected chi connectivity index (χ0v) is 19.9. The topological polar surface area (TPSA) is 55.3 Å². The molecule has 6 nitrogen and oxygen atoms in total. The minimum absolute atomic E-state index is 0. The Morgan fingerprint density at radius 2 is 1.93 bits per heavy atom. The minimum atomic E-state index is 0. The molecule has 1 N–H and O–H groups in total. The molecule has 2 saturated heterocycles. The lowest BCUT2D eigenvalue weighted by Gasteiger charge is -2.35. The minimum Gasteiger partial charge on any atom is -0.381 e. The smallest absolute Gasteiger partial charge is 0.193 e. The van der Waals surface area contributed by atoms with E-state index in [1.807, 2.05) is 0 Å². The molecule has 1 aliphatic carbocycles. The molecule has 2 heterocycles. The van der Waals surface area contributed by atoms with Gasteiger partial charge in [0.2, 0.25) is 0 Å². The molecule has 1 unspecified atom stereocenters. The van der Waals surface area contributed by atoms with Gasteiger partial charge in [0.1, 0.15) is 0 Å². The molecule has 2 aliphatic heterocycles. The fourth-order valence-corrected chi connectivity index (χ4v) is 3.73. The van der Waals surface area contributed by atoms with E-state index in [-0.39, 0.29) is 24.0 Å². The third kappa shape index (κ3) is 9.13. The van der Waals surface area contributed by atoms with Gasteiger partial charge in [-0.25, -0.2) is 0 Å². The number of rotatable bonds is 10. The molecule has 0 radical (unpaired) electrons. The van der Waals surface area contributed by atoms with Crippen LogP contribution in [0.3, 0.4) is 0 Å². The van der Waals surface area contributed by atoms with Gasteiger partial charge in [0.05, 0.1) is 18.8 Å². The van der Waals surface area contributed by atoms with Crippen molar-refractivity contribution >= 4 is 29.9 Å². The fraction of sp³-hybridized carbons (Fsp3) is 0.952. The van der Waals surface area contributed by atoms with Crippen LogP contribution in [0.4, 0.5) is 0 Å². The molecular weight excluding hydrogens is 469 g/mol. The van der Waals surface area contributed by atoms with Gasteiger partial charge < -0.3 is 24.4 Å². The number of aliphatic imine (C=N–C) groups is 1. The van der Waals surface area contributed by atoms with Crippen LogP contribution in [0.15, 0.2) is 4.99 Å². The summed E-state index contributed by atoms with van der Waals surface area (Å²) in [7, 11) is 0. The van der Waals surface area contributed by atoms with E-state index in [0.717, 1.165) is 90.2 Å². The molecule has 0 aromatic heterocycles. The van der Waals surface area contributed by atoms with Crippen molar-refractivity contribution in [3.8, 4) is 0 Å². The number of nitrogens with zero attached hydrogens (tertiary/aromatic N) is 2. The number of likely N-dealkylation sites (tertiary alicyclic amines) is 1. The van der Waals surface area contributed by atoms with Crippen molar-refractivity contribution in [2.24, 2.45) is 10.9 Å². The Labute approximate surface area is 188 Å². The average molecular weight is 509 g/mol. The van der Waals surface area contributed by atoms with Crippen molar-refractivity contribution in [1.29, 1.82) is 0 Å². The quantitative estimate of drug-likeness (QED) is 0.212. The zero-order chi connectivity index (χ0) is 18.7. The summed E-state index contributed by atoms with van der Waals surface area (Å²) < 4.78 is 17.6. The van der Waals surface area contributed by atoms with Gasteiger partial charge in [0.15, 0.2) is 5.96 Å². The number of hydrogen-bond donors (Lipinski definition) is 1. The summed E-state index contributed by atoms with van der Waals surface area (Å²) in [4.78, 5) is 7.19. The summed E-state index contributed by atoms with van der Waals surface area (Å²) in [6, 6.07) is 0. The highest BCUT2D eigenvalue weighted by atomic mass is 127. The maximum Gasteiger partial charge on any atom is 0.193 e. The van der Waals surface area contributed by atoms with Gasteiger partial charge in [-0.3, -0.25) is 4.99 Å². The van der Waals surface area contributed by atoms with Gasteiger partial charge in [0.25, 0.3) is 0 Å². The molecule has 7 heteroatoms. The summed E-state index contributed by atoms with van der Waals surface area (Å²) in [6.07, 6.45) is 10.2. The Bertz CT molecular complexity index is 435. The molecule has 0 spiro atoms. The second-order valence-electron chi connectivity index (χ2n) is 8.12. The van der Waals surface area contributed by atoms with Gasteiger partial charge in [0, 0.05) is 46.0 Å². The molecule has 28 heavy (non-hydrogen) atoms. The maximum absolute atomic E-state index is 6.13. The van der Waals surface area contributed by atoms with E-state index in [1.165, 1.54) is 25.7 Å². The summed E-state index contributed by atoms with van der Waals surface area (Å²) in [5, 5.41) is 3.44. The van der Waals surface area contributed by atoms with Crippen molar-refractivity contribution in [1.82, 2.24) is 10.2 Å². The van der Waals surface area contributed by atoms with Crippen molar-refractivity contribution in [3.05, 3.63) is 0 Å². The molecular formula is C21H40IN3O3. The highest BCUT2D eigenvalue weighted by molar-refractivity contribution is 14.0. The Kier molecular flexibility index (Phi) is 12.1. The number of nitrogens with one attached hydrogen (secondary N) is 1. The first-order valence-electron chi connectivity index (χ1n) is 11.2. The third-order valence-electron chi connectivity index (χ3n) is 5.63. The largest absolute Gasteiger partial charge is 0.381 e. The molecule has 0 amide bonds. The van der Waals surface area contributed by atoms with Gasteiger partial charge >= 0.3 is 0 Å². The second-order valence-corrected chi connectivity index (χ2v) is 8.12. The molecule has 0 bridgehead atoms. The molecule has 1 atom stereocenters. The Hall–Kier alpha value is -0.120. The lowest BCUT2D eigenvalue weighted by molar-refractivity contribution is -0.0721. The van der Waals surface area contributed by atoms with Crippen molar-refractivity contribution in [2.45, 2.75) is 70.5 Å². The van der Waals surface area contributed by atoms with E-state index in [4.69, 9.17) is 19.2 Å². The van der Waals surface area contributed by atoms with Gasteiger partial charge in [-0.15, -0.1) is 24.0 Å². The Morgan fingerprint density at radius 1 is 1.11 bits per heavy atom. The number of halogens is 1. The first-order chi connectivity index (χ1) is 13.3. The van der Waals surface area contributed by atoms with E-state index in [9.17, 15) is 0 Å². The standard InChI is InChI=1S/C21H39N3O3.HI/c1-2-22-21(23-11-5-14-25-16-18-7-8-18)24-12-9-19(10-13-24)27-17-20-6-3-4-15-26-20;/h18-20H,2-17H2,1H3,(H,22,23);1H. The van der Waals surface area contributed by atoms with E-state index >= 15 is 0 Å². The molecule has 164 valence electrons. The molecule has 0 aromatic rings. The average Bonchev–Trinajstić information content (AvgIpc) is 3.54. The third-order valence-corrected chi connectivity index (χ3v) is 5.63. The van der Waals surface area contributed by atoms with E-state index in [2.05, 4.69) is 17.1 Å². The van der Waals surface area contributed by atoms with Crippen LogP contribution in [0.1, 0.15) is 58.3 Å². The lowest BCUT2D eigenvalue weighted by atomic mass is 10.1. The van der Waals surface area contributed by atoms with Gasteiger partial charge in [-0.2, -0.15) is 0 Å². The Balaban J connectivity index is 0.00000280. The first kappa shape index (κ1) is 24.2. The van der Waals surface area contributed by atoms with Crippen LogP contribution >= 0.6 is 24.0 Å². The number of hydrogen-bond acceptors (Lipinski definition) is 4. The normalized spacial score (nSPS) is 24.1. The molecule has 3 fully saturated rings. The monoisotopic (exact) mass is 509 g/mol. The van der Waals surface area contributed by atoms with Crippen molar-refractivity contribution in [2.75, 3.05) is 52.6 Å². The van der Waals surface area contributed by atoms with Crippen LogP contribution in [0, 0.1) is 5.92 Å². The maximum atomic E-state index is 6.13. The molecule has 0 aromatic carbocycles. The van der Waals surface area contributed by atoms with Gasteiger partial charge in [-0.05, 0) is 64.2 Å². The molecule has 3 aliphatic rings. The predicted molar refractivity (Wildman–Crippen MR) is 124 cm³/mol. The first-order valence-corrected chi connectivity index (χ1v) is 11.2. The predicted octanol–water partition coefficient (Wildman–Crippen LogP) is 3.44. The highest BCUT2D eigenvalue weighted by Crippen LogP contribution is 2.28. The summed E-state index contributed by atoms with van der Waals surface area (Å²) in [5.74, 6) is 1.90. The van der Waals surface area contributed by atoms with Gasteiger partial charge in [-0.1, -0.05) is 0 Å². The van der Waals surface area contributed by atoms with Crippen LogP contribution in [0.2, 0.25) is 0 Å². The van der Waals surface area contributed by atoms with E-state index in [1.54, 1.807) is 0 Å². The summed E-state index contributed by atoms with van der Waals surface area (Å²) >= 11 is 0. The summed E-state index contributed by atoms with van der Waals surface area (Å²) in [6.45, 7) is 9.35. The van der Waals surface area contributed by atoms with Crippen molar-refractivity contribution in [3.63, 3.8) is 0 Å². The molecule has 1 saturated carbocycles. The number of guanidine groups is 1. The zero-order valence-electron chi connectivity index (χ0n) is 17.6. The highest BCUT2D eigenvalue weighted by Gasteiger charge is 2.24. The number of piperidine rings is 1. The van der Waals surface area contributed by atoms with E-state index < -0.39 is 0 Å². The van der Waals surface area contributed by atoms with E-state index in [0.29, 0.717) is 12.2 Å². The molecule has 3 rings (SSSR count). The van der Waals surface area contributed by atoms with Crippen LogP contribution in [-0.4, -0.2) is 75.7 Å².